The topological polar surface area (TPSA) is 68.5 Å². The van der Waals surface area contributed by atoms with Crippen molar-refractivity contribution in [1.29, 1.82) is 0 Å². The van der Waals surface area contributed by atoms with Crippen LogP contribution in [-0.4, -0.2) is 42.5 Å². The molecule has 2 N–H and O–H groups in total. The summed E-state index contributed by atoms with van der Waals surface area (Å²) in [4.78, 5) is 18.4. The highest BCUT2D eigenvalue weighted by atomic mass is 35.5. The first kappa shape index (κ1) is 19.6. The highest BCUT2D eigenvalue weighted by molar-refractivity contribution is 5.90. The van der Waals surface area contributed by atoms with Crippen LogP contribution in [0.5, 0.6) is 0 Å². The summed E-state index contributed by atoms with van der Waals surface area (Å²) in [5.41, 5.74) is 6.57. The van der Waals surface area contributed by atoms with Gasteiger partial charge in [-0.25, -0.2) is 0 Å². The van der Waals surface area contributed by atoms with Gasteiger partial charge in [0.1, 0.15) is 11.3 Å². The number of hydrogen-bond donors (Lipinski definition) is 1. The molecule has 0 spiro atoms. The monoisotopic (exact) mass is 379 g/mol. The van der Waals surface area contributed by atoms with Crippen molar-refractivity contribution in [3.8, 4) is 0 Å². The van der Waals surface area contributed by atoms with Crippen molar-refractivity contribution in [2.45, 2.75) is 44.1 Å². The number of nitrogens with two attached hydrogens (primary N) is 1. The van der Waals surface area contributed by atoms with Gasteiger partial charge >= 0.3 is 0 Å². The van der Waals surface area contributed by atoms with Gasteiger partial charge in [-0.2, -0.15) is 0 Å². The fraction of sp³-hybridized carbons (Fsp3) is 0.700. The predicted molar refractivity (Wildman–Crippen MR) is 103 cm³/mol. The number of methoxy groups -OCH3 is 1. The first-order valence-electron chi connectivity index (χ1n) is 9.67. The van der Waals surface area contributed by atoms with Crippen LogP contribution >= 0.6 is 12.4 Å². The third-order valence-corrected chi connectivity index (χ3v) is 6.63. The molecular formula is C20H30ClN3O2. The summed E-state index contributed by atoms with van der Waals surface area (Å²) in [6.07, 6.45) is 9.53. The predicted octanol–water partition coefficient (Wildman–Crippen LogP) is 2.98. The van der Waals surface area contributed by atoms with E-state index < -0.39 is 5.91 Å². The van der Waals surface area contributed by atoms with Gasteiger partial charge in [0.15, 0.2) is 0 Å². The van der Waals surface area contributed by atoms with Crippen LogP contribution in [0.15, 0.2) is 18.3 Å². The number of piperidine rings is 1. The summed E-state index contributed by atoms with van der Waals surface area (Å²) in [5.74, 6) is 1.44. The van der Waals surface area contributed by atoms with Crippen molar-refractivity contribution in [2.24, 2.45) is 23.5 Å². The second-order valence-corrected chi connectivity index (χ2v) is 8.11. The Hall–Kier alpha value is -1.17. The number of nitrogens with zero attached hydrogens (tertiary/aromatic N) is 2. The maximum atomic E-state index is 11.6. The van der Waals surface area contributed by atoms with Crippen molar-refractivity contribution in [3.63, 3.8) is 0 Å². The summed E-state index contributed by atoms with van der Waals surface area (Å²) in [5, 5.41) is 0. The van der Waals surface area contributed by atoms with E-state index in [0.717, 1.165) is 24.6 Å². The second kappa shape index (κ2) is 7.83. The average molecular weight is 380 g/mol. The van der Waals surface area contributed by atoms with Crippen LogP contribution < -0.4 is 5.73 Å². The van der Waals surface area contributed by atoms with E-state index in [0.29, 0.717) is 17.5 Å². The molecule has 0 unspecified atom stereocenters. The summed E-state index contributed by atoms with van der Waals surface area (Å²) in [6, 6.07) is 3.87. The van der Waals surface area contributed by atoms with Crippen molar-refractivity contribution in [3.05, 3.63) is 29.6 Å². The molecule has 0 aromatic carbocycles. The Morgan fingerprint density at radius 2 is 2.00 bits per heavy atom. The van der Waals surface area contributed by atoms with E-state index in [9.17, 15) is 4.79 Å². The van der Waals surface area contributed by atoms with E-state index in [4.69, 9.17) is 10.5 Å². The fourth-order valence-electron chi connectivity index (χ4n) is 5.21. The van der Waals surface area contributed by atoms with Crippen molar-refractivity contribution >= 4 is 18.3 Å². The number of primary amides is 1. The smallest absolute Gasteiger partial charge is 0.267 e. The molecule has 2 saturated carbocycles. The highest BCUT2D eigenvalue weighted by Crippen LogP contribution is 2.51. The van der Waals surface area contributed by atoms with E-state index in [1.54, 1.807) is 6.20 Å². The van der Waals surface area contributed by atoms with Crippen LogP contribution in [0.4, 0.5) is 0 Å². The molecule has 26 heavy (non-hydrogen) atoms. The number of fused-ring (bicyclic) bond motifs is 2. The number of halogens is 1. The zero-order valence-corrected chi connectivity index (χ0v) is 16.3. The lowest BCUT2D eigenvalue weighted by molar-refractivity contribution is -0.169. The Bertz CT molecular complexity index is 636. The minimum Gasteiger partial charge on any atom is -0.373 e. The van der Waals surface area contributed by atoms with Gasteiger partial charge in [-0.15, -0.1) is 12.4 Å². The molecule has 3 atom stereocenters. The van der Waals surface area contributed by atoms with Crippen LogP contribution in [0.3, 0.4) is 0 Å². The zero-order valence-electron chi connectivity index (χ0n) is 15.5. The number of carbonyl (C=O) groups is 1. The molecule has 2 heterocycles. The van der Waals surface area contributed by atoms with Gasteiger partial charge in [-0.1, -0.05) is 19.3 Å². The molecule has 5 nitrogen and oxygen atoms in total. The first-order valence-corrected chi connectivity index (χ1v) is 9.67. The molecule has 1 aliphatic heterocycles. The number of amides is 1. The molecule has 3 fully saturated rings. The lowest BCUT2D eigenvalue weighted by atomic mass is 9.62. The molecule has 1 aromatic rings. The first-order chi connectivity index (χ1) is 12.1. The van der Waals surface area contributed by atoms with Gasteiger partial charge in [0, 0.05) is 38.2 Å². The fourth-order valence-corrected chi connectivity index (χ4v) is 5.21. The van der Waals surface area contributed by atoms with Gasteiger partial charge in [0.2, 0.25) is 0 Å². The van der Waals surface area contributed by atoms with Gasteiger partial charge in [-0.3, -0.25) is 9.78 Å². The summed E-state index contributed by atoms with van der Waals surface area (Å²) in [7, 11) is 1.83. The molecular weight excluding hydrogens is 350 g/mol. The molecule has 144 valence electrons. The lowest BCUT2D eigenvalue weighted by Crippen LogP contribution is -2.59. The summed E-state index contributed by atoms with van der Waals surface area (Å²) in [6.45, 7) is 3.40. The number of carbonyl (C=O) groups excluding carboxylic acids is 1. The number of hydrogen-bond acceptors (Lipinski definition) is 4. The van der Waals surface area contributed by atoms with Crippen LogP contribution in [0.1, 0.15) is 54.6 Å². The molecule has 3 aliphatic rings. The van der Waals surface area contributed by atoms with E-state index in [1.165, 1.54) is 45.1 Å². The summed E-state index contributed by atoms with van der Waals surface area (Å²) >= 11 is 0. The van der Waals surface area contributed by atoms with Crippen molar-refractivity contribution < 1.29 is 9.53 Å². The third-order valence-electron chi connectivity index (χ3n) is 6.63. The number of aromatic nitrogens is 1. The molecule has 2 bridgehead atoms. The van der Waals surface area contributed by atoms with Crippen LogP contribution in [0.2, 0.25) is 0 Å². The standard InChI is InChI=1S/C20H29N3O2.ClH/c1-25-20(15-7-9-22-18(11-15)19(21)24)16-3-2-4-17(20)13-23(12-16)10-8-14-5-6-14;/h7,9,11,14,16-17H,2-6,8,10,12-13H2,1H3,(H2,21,24);1H/t16-,17+,20-;. The minimum absolute atomic E-state index is 0. The number of rotatable bonds is 6. The Balaban J connectivity index is 0.00000196. The number of likely N-dealkylation sites (tertiary alicyclic amines) is 1. The molecule has 1 amide bonds. The maximum absolute atomic E-state index is 11.6. The molecule has 1 saturated heterocycles. The Labute approximate surface area is 162 Å². The summed E-state index contributed by atoms with van der Waals surface area (Å²) < 4.78 is 6.25. The lowest BCUT2D eigenvalue weighted by Gasteiger charge is -2.55. The Kier molecular flexibility index (Phi) is 5.90. The zero-order chi connectivity index (χ0) is 17.4. The molecule has 6 heteroatoms. The molecule has 0 radical (unpaired) electrons. The number of pyridine rings is 1. The second-order valence-electron chi connectivity index (χ2n) is 8.11. The van der Waals surface area contributed by atoms with E-state index in [1.807, 2.05) is 19.2 Å². The largest absolute Gasteiger partial charge is 0.373 e. The van der Waals surface area contributed by atoms with Gasteiger partial charge in [-0.05, 0) is 49.4 Å². The van der Waals surface area contributed by atoms with Crippen LogP contribution in [0.25, 0.3) is 0 Å². The quantitative estimate of drug-likeness (QED) is 0.825. The highest BCUT2D eigenvalue weighted by Gasteiger charge is 2.53. The van der Waals surface area contributed by atoms with E-state index in [-0.39, 0.29) is 18.0 Å². The SMILES string of the molecule is CO[C@]1(c2ccnc(C(N)=O)c2)[C@@H]2CCC[C@H]1CN(CCC1CC1)C2.Cl. The molecule has 1 aromatic heterocycles. The van der Waals surface area contributed by atoms with Crippen LogP contribution in [0, 0.1) is 17.8 Å². The Morgan fingerprint density at radius 3 is 2.58 bits per heavy atom. The van der Waals surface area contributed by atoms with Gasteiger partial charge in [0.25, 0.3) is 5.91 Å². The van der Waals surface area contributed by atoms with Gasteiger partial charge < -0.3 is 15.4 Å². The average Bonchev–Trinajstić information content (AvgIpc) is 3.43. The third kappa shape index (κ3) is 3.49. The minimum atomic E-state index is -0.472. The molecule has 4 rings (SSSR count). The van der Waals surface area contributed by atoms with Gasteiger partial charge in [0.05, 0.1) is 0 Å². The van der Waals surface area contributed by atoms with Crippen molar-refractivity contribution in [2.75, 3.05) is 26.7 Å². The van der Waals surface area contributed by atoms with E-state index in [2.05, 4.69) is 9.88 Å². The normalized spacial score (nSPS) is 31.3. The number of ether oxygens (including phenoxy) is 1. The molecule has 2 aliphatic carbocycles. The van der Waals surface area contributed by atoms with Crippen molar-refractivity contribution in [1.82, 2.24) is 9.88 Å². The Morgan fingerprint density at radius 1 is 1.31 bits per heavy atom. The maximum Gasteiger partial charge on any atom is 0.267 e. The van der Waals surface area contributed by atoms with E-state index >= 15 is 0 Å². The van der Waals surface area contributed by atoms with Crippen LogP contribution in [-0.2, 0) is 10.3 Å².